The van der Waals surface area contributed by atoms with Gasteiger partial charge in [-0.2, -0.15) is 0 Å². The number of aromatic nitrogens is 1. The molecule has 2 aliphatic heterocycles. The number of esters is 2. The van der Waals surface area contributed by atoms with Gasteiger partial charge in [0.05, 0.1) is 5.41 Å². The summed E-state index contributed by atoms with van der Waals surface area (Å²) in [6.45, 7) is 6.15. The first kappa shape index (κ1) is 28.4. The predicted octanol–water partition coefficient (Wildman–Crippen LogP) is -2.04. The average molecular weight is 548 g/mol. The molecule has 1 aromatic heterocycles. The molecule has 1 aromatic rings. The number of fused-ring (bicyclic) bond motifs is 1. The highest BCUT2D eigenvalue weighted by Gasteiger charge is 2.54. The van der Waals surface area contributed by atoms with E-state index in [1.165, 1.54) is 23.8 Å². The number of carbonyl (C=O) groups is 4. The van der Waals surface area contributed by atoms with Crippen LogP contribution in [0.1, 0.15) is 34.8 Å². The van der Waals surface area contributed by atoms with E-state index in [0.29, 0.717) is 11.3 Å². The van der Waals surface area contributed by atoms with Crippen LogP contribution in [0.3, 0.4) is 0 Å². The van der Waals surface area contributed by atoms with Crippen LogP contribution in [-0.4, -0.2) is 70.4 Å². The van der Waals surface area contributed by atoms with Gasteiger partial charge in [0.1, 0.15) is 29.9 Å². The van der Waals surface area contributed by atoms with Crippen molar-refractivity contribution in [1.82, 2.24) is 15.2 Å². The van der Waals surface area contributed by atoms with Gasteiger partial charge in [-0.3, -0.25) is 19.3 Å². The van der Waals surface area contributed by atoms with E-state index >= 15 is 0 Å². The molecule has 0 saturated carbocycles. The van der Waals surface area contributed by atoms with Crippen LogP contribution < -0.4 is 23.5 Å². The van der Waals surface area contributed by atoms with Gasteiger partial charge in [-0.15, -0.1) is 23.1 Å². The number of anilines is 1. The molecule has 192 valence electrons. The summed E-state index contributed by atoms with van der Waals surface area (Å²) in [7, 11) is 1.28. The average Bonchev–Trinajstić information content (AvgIpc) is 3.20. The van der Waals surface area contributed by atoms with E-state index in [-0.39, 0.29) is 36.1 Å². The second-order valence-corrected chi connectivity index (χ2v) is 10.4. The third kappa shape index (κ3) is 6.05. The zero-order chi connectivity index (χ0) is 25.2. The summed E-state index contributed by atoms with van der Waals surface area (Å²) in [5, 5.41) is 7.60. The lowest BCUT2D eigenvalue weighted by Gasteiger charge is -2.49. The van der Waals surface area contributed by atoms with Crippen molar-refractivity contribution in [1.29, 1.82) is 0 Å². The lowest BCUT2D eigenvalue weighted by atomic mass is 9.98. The Morgan fingerprint density at radius 3 is 2.60 bits per heavy atom. The molecule has 12 nitrogen and oxygen atoms in total. The Hall–Kier alpha value is -2.84. The number of amides is 2. The molecule has 3 N–H and O–H groups in total. The first-order chi connectivity index (χ1) is 16.0. The minimum Gasteiger partial charge on any atom is -1.00 e. The van der Waals surface area contributed by atoms with Gasteiger partial charge >= 0.3 is 13.4 Å². The second kappa shape index (κ2) is 11.3. The number of ether oxygens (including phenoxy) is 2. The number of rotatable bonds is 7. The number of thiazole rings is 1. The highest BCUT2D eigenvalue weighted by Crippen LogP contribution is 2.40. The molecule has 2 atom stereocenters. The number of nitrogens with two attached hydrogens (primary N) is 1. The highest BCUT2D eigenvalue weighted by atomic mass is 35.5. The Morgan fingerprint density at radius 1 is 1.34 bits per heavy atom. The van der Waals surface area contributed by atoms with Crippen molar-refractivity contribution >= 4 is 57.7 Å². The summed E-state index contributed by atoms with van der Waals surface area (Å²) >= 11 is 2.52. The summed E-state index contributed by atoms with van der Waals surface area (Å²) < 4.78 is 10.0. The number of hydrogen-bond donors (Lipinski definition) is 2. The number of oxime groups is 1. The fraction of sp³-hybridized carbons (Fsp3) is 0.500. The van der Waals surface area contributed by atoms with Gasteiger partial charge in [0.15, 0.2) is 10.8 Å². The van der Waals surface area contributed by atoms with Gasteiger partial charge in [0, 0.05) is 11.1 Å². The van der Waals surface area contributed by atoms with E-state index in [0.717, 1.165) is 11.3 Å². The largest absolute Gasteiger partial charge is 1.00 e. The first-order valence-corrected chi connectivity index (χ1v) is 12.0. The van der Waals surface area contributed by atoms with Crippen molar-refractivity contribution in [3.05, 3.63) is 22.3 Å². The number of thioether (sulfide) groups is 1. The fourth-order valence-electron chi connectivity index (χ4n) is 3.09. The van der Waals surface area contributed by atoms with Crippen LogP contribution in [0.2, 0.25) is 0 Å². The molecule has 1 saturated heterocycles. The number of nitrogens with one attached hydrogen (secondary N) is 1. The topological polar surface area (TPSA) is 163 Å². The van der Waals surface area contributed by atoms with Gasteiger partial charge in [-0.25, -0.2) is 9.78 Å². The summed E-state index contributed by atoms with van der Waals surface area (Å²) in [6.07, 6.45) is 0. The van der Waals surface area contributed by atoms with E-state index in [1.807, 2.05) is 0 Å². The maximum atomic E-state index is 12.9. The molecule has 1 fully saturated rings. The number of hydrogen-bond acceptors (Lipinski definition) is 12. The fourth-order valence-corrected chi connectivity index (χ4v) is 4.93. The van der Waals surface area contributed by atoms with Crippen LogP contribution in [0.5, 0.6) is 0 Å². The summed E-state index contributed by atoms with van der Waals surface area (Å²) in [5.74, 6) is -2.04. The van der Waals surface area contributed by atoms with Crippen LogP contribution in [0.4, 0.5) is 5.13 Å². The van der Waals surface area contributed by atoms with Crippen molar-refractivity contribution in [2.75, 3.05) is 25.4 Å². The number of nitrogen functional groups attached to an aromatic ring is 1. The molecule has 0 aromatic carbocycles. The normalized spacial score (nSPS) is 19.7. The third-order valence-corrected chi connectivity index (χ3v) is 6.89. The van der Waals surface area contributed by atoms with Crippen LogP contribution in [-0.2, 0) is 33.5 Å². The molecule has 0 aliphatic carbocycles. The maximum absolute atomic E-state index is 12.9. The molecule has 0 spiro atoms. The molecule has 3 rings (SSSR count). The minimum absolute atomic E-state index is 0. The number of β-lactam (4-membered cyclic amide) rings is 1. The van der Waals surface area contributed by atoms with Crippen molar-refractivity contribution < 1.29 is 47.3 Å². The van der Waals surface area contributed by atoms with Gasteiger partial charge in [0.25, 0.3) is 11.8 Å². The predicted molar refractivity (Wildman–Crippen MR) is 125 cm³/mol. The molecule has 15 heteroatoms. The molecule has 0 unspecified atom stereocenters. The molecule has 35 heavy (non-hydrogen) atoms. The Labute approximate surface area is 217 Å². The number of halogens is 1. The van der Waals surface area contributed by atoms with Crippen LogP contribution >= 0.6 is 23.1 Å². The van der Waals surface area contributed by atoms with Crippen molar-refractivity contribution in [3.63, 3.8) is 0 Å². The highest BCUT2D eigenvalue weighted by molar-refractivity contribution is 8.00. The van der Waals surface area contributed by atoms with Crippen LogP contribution in [0.25, 0.3) is 0 Å². The van der Waals surface area contributed by atoms with Crippen LogP contribution in [0, 0.1) is 5.41 Å². The molecular weight excluding hydrogens is 522 g/mol. The van der Waals surface area contributed by atoms with Gasteiger partial charge < -0.3 is 37.8 Å². The summed E-state index contributed by atoms with van der Waals surface area (Å²) in [4.78, 5) is 60.3. The summed E-state index contributed by atoms with van der Waals surface area (Å²) in [6, 6.07) is -0.898. The number of nitrogens with zero attached hydrogens (tertiary/aromatic N) is 3. The quantitative estimate of drug-likeness (QED) is 0.128. The molecular formula is C20H26ClN5O7S2. The monoisotopic (exact) mass is 547 g/mol. The molecule has 0 radical (unpaired) electrons. The van der Waals surface area contributed by atoms with Gasteiger partial charge in [0.2, 0.25) is 6.79 Å². The van der Waals surface area contributed by atoms with E-state index in [9.17, 15) is 19.2 Å². The smallest absolute Gasteiger partial charge is 1.00 e. The van der Waals surface area contributed by atoms with E-state index in [1.54, 1.807) is 33.1 Å². The zero-order valence-corrected chi connectivity index (χ0v) is 22.0. The summed E-state index contributed by atoms with van der Waals surface area (Å²) in [5.41, 5.74) is 5.67. The lowest BCUT2D eigenvalue weighted by Crippen LogP contribution is -3.00. The zero-order valence-electron chi connectivity index (χ0n) is 20.6. The molecule has 2 aliphatic rings. The minimum atomic E-state index is -0.898. The molecule has 2 amide bonds. The Morgan fingerprint density at radius 2 is 2.03 bits per heavy atom. The van der Waals surface area contributed by atoms with Crippen molar-refractivity contribution in [2.24, 2.45) is 10.6 Å². The van der Waals surface area contributed by atoms with Gasteiger partial charge in [-0.1, -0.05) is 5.16 Å². The Kier molecular flexibility index (Phi) is 9.14. The van der Waals surface area contributed by atoms with Gasteiger partial charge in [-0.05, 0) is 33.3 Å². The van der Waals surface area contributed by atoms with E-state index in [4.69, 9.17) is 20.0 Å². The number of carbonyl (C=O) groups excluding carboxylic acids is 4. The SMILES string of the molecule is CO/N=C(/C(=O)N[C@@H]1C(=O)N2C(C(=O)OCOC(=O)C(C)(C)C)=C(C)CS[C@H]12)c1csc(N)n1.[Cl-].[H+]. The van der Waals surface area contributed by atoms with Crippen LogP contribution in [0.15, 0.2) is 21.8 Å². The Balaban J connectivity index is 0.00000324. The Bertz CT molecular complexity index is 1090. The first-order valence-electron chi connectivity index (χ1n) is 10.1. The molecule has 3 heterocycles. The lowest BCUT2D eigenvalue weighted by molar-refractivity contribution is -0.173. The standard InChI is InChI=1S/C20H25N5O7S2.ClH/c1-9-6-33-16-12(23-14(26)11(24-30-5)10-7-34-19(21)22-10)15(27)25(16)13(9)17(28)31-8-32-18(29)20(2,3)4;/h7,12,16H,6,8H2,1-5H3,(H2,21,22)(H,23,26);1H/b24-11+;/t12-,16-;/m1./s1. The van der Waals surface area contributed by atoms with E-state index < -0.39 is 47.4 Å². The third-order valence-electron chi connectivity index (χ3n) is 4.79. The van der Waals surface area contributed by atoms with E-state index in [2.05, 4.69) is 15.5 Å². The van der Waals surface area contributed by atoms with Crippen molar-refractivity contribution in [2.45, 2.75) is 39.1 Å². The van der Waals surface area contributed by atoms with Crippen molar-refractivity contribution in [3.8, 4) is 0 Å². The second-order valence-electron chi connectivity index (χ2n) is 8.41. The molecule has 0 bridgehead atoms. The maximum Gasteiger partial charge on any atom is 1.00 e.